The molecule has 1 atom stereocenters. The van der Waals surface area contributed by atoms with Gasteiger partial charge in [0.2, 0.25) is 0 Å². The zero-order chi connectivity index (χ0) is 22.8. The third kappa shape index (κ3) is 5.28. The maximum atomic E-state index is 12.6. The fraction of sp³-hybridized carbons (Fsp3) is 0.333. The van der Waals surface area contributed by atoms with Gasteiger partial charge in [0.05, 0.1) is 12.6 Å². The summed E-state index contributed by atoms with van der Waals surface area (Å²) < 4.78 is 16.6. The van der Waals surface area contributed by atoms with Crippen LogP contribution in [0, 0.1) is 0 Å². The Balaban J connectivity index is 1.78. The first-order valence-electron chi connectivity index (χ1n) is 9.42. The number of para-hydroxylation sites is 1. The molecule has 10 heteroatoms. The molecule has 0 amide bonds. The minimum absolute atomic E-state index is 0.00275. The van der Waals surface area contributed by atoms with Crippen molar-refractivity contribution in [1.29, 1.82) is 0 Å². The fourth-order valence-electron chi connectivity index (χ4n) is 2.86. The van der Waals surface area contributed by atoms with E-state index >= 15 is 0 Å². The normalized spacial score (nSPS) is 12.4. The number of nitrogens with two attached hydrogens (primary N) is 1. The van der Waals surface area contributed by atoms with Gasteiger partial charge in [-0.2, -0.15) is 4.98 Å². The predicted molar refractivity (Wildman–Crippen MR) is 114 cm³/mol. The van der Waals surface area contributed by atoms with Crippen molar-refractivity contribution >= 4 is 40.3 Å². The minimum atomic E-state index is -1.01. The van der Waals surface area contributed by atoms with Crippen molar-refractivity contribution in [2.24, 2.45) is 5.73 Å². The summed E-state index contributed by atoms with van der Waals surface area (Å²) in [5, 5.41) is 2.20. The Labute approximate surface area is 182 Å². The van der Waals surface area contributed by atoms with E-state index < -0.39 is 29.7 Å². The molecular weight excluding hydrogens is 422 g/mol. The monoisotopic (exact) mass is 445 g/mol. The van der Waals surface area contributed by atoms with Gasteiger partial charge in [-0.05, 0) is 32.4 Å². The van der Waals surface area contributed by atoms with Crippen molar-refractivity contribution < 1.29 is 28.6 Å². The summed E-state index contributed by atoms with van der Waals surface area (Å²) in [6, 6.07) is 6.26. The Morgan fingerprint density at radius 2 is 1.94 bits per heavy atom. The lowest BCUT2D eigenvalue weighted by molar-refractivity contribution is -0.135. The number of fused-ring (bicyclic) bond motifs is 1. The van der Waals surface area contributed by atoms with Crippen LogP contribution in [-0.4, -0.2) is 46.3 Å². The van der Waals surface area contributed by atoms with E-state index in [1.165, 1.54) is 17.1 Å². The number of rotatable bonds is 5. The Morgan fingerprint density at radius 1 is 1.23 bits per heavy atom. The van der Waals surface area contributed by atoms with Gasteiger partial charge >= 0.3 is 18.0 Å². The first-order chi connectivity index (χ1) is 14.6. The predicted octanol–water partition coefficient (Wildman–Crippen LogP) is 3.14. The average molecular weight is 445 g/mol. The first kappa shape index (κ1) is 22.4. The number of hydrogen-bond acceptors (Lipinski definition) is 9. The van der Waals surface area contributed by atoms with Crippen molar-refractivity contribution in [1.82, 2.24) is 9.55 Å². The van der Waals surface area contributed by atoms with Crippen LogP contribution in [0.5, 0.6) is 5.19 Å². The second kappa shape index (κ2) is 8.86. The van der Waals surface area contributed by atoms with Gasteiger partial charge in [0.15, 0.2) is 5.69 Å². The molecule has 0 aliphatic carbocycles. The maximum Gasteiger partial charge on any atom is 0.419 e. The Kier molecular flexibility index (Phi) is 6.42. The molecule has 0 saturated heterocycles. The highest BCUT2D eigenvalue weighted by Crippen LogP contribution is 2.25. The number of hydrogen-bond donors (Lipinski definition) is 1. The van der Waals surface area contributed by atoms with Crippen LogP contribution in [-0.2, 0) is 20.7 Å². The average Bonchev–Trinajstić information content (AvgIpc) is 3.31. The molecule has 9 nitrogen and oxygen atoms in total. The van der Waals surface area contributed by atoms with Gasteiger partial charge in [-0.15, -0.1) is 0 Å². The zero-order valence-corrected chi connectivity index (χ0v) is 18.4. The molecule has 2 aromatic heterocycles. The standard InChI is InChI=1S/C21H23N3O6S/c1-21(2,3)30-20(27)24-10-12(13-7-5-6-8-16(13)24)9-14(22)17(25)29-19-23-15(11-31-19)18(26)28-4/h5-8,10-11,14H,9,22H2,1-4H3. The number of carbonyl (C=O) groups excluding carboxylic acids is 3. The number of methoxy groups -OCH3 is 1. The van der Waals surface area contributed by atoms with Crippen molar-refractivity contribution in [3.63, 3.8) is 0 Å². The fourth-order valence-corrected chi connectivity index (χ4v) is 3.50. The van der Waals surface area contributed by atoms with Crippen LogP contribution in [0.2, 0.25) is 0 Å². The molecule has 164 valence electrons. The molecule has 0 spiro atoms. The van der Waals surface area contributed by atoms with Gasteiger partial charge in [0.1, 0.15) is 11.6 Å². The molecule has 2 heterocycles. The summed E-state index contributed by atoms with van der Waals surface area (Å²) in [6.07, 6.45) is 1.22. The highest BCUT2D eigenvalue weighted by atomic mass is 32.1. The van der Waals surface area contributed by atoms with Gasteiger partial charge in [0, 0.05) is 23.4 Å². The SMILES string of the molecule is COC(=O)c1csc(OC(=O)C(N)Cc2cn(C(=O)OC(C)(C)C)c3ccccc23)n1. The first-order valence-corrected chi connectivity index (χ1v) is 10.3. The molecule has 0 bridgehead atoms. The van der Waals surface area contributed by atoms with Crippen LogP contribution < -0.4 is 10.5 Å². The lowest BCUT2D eigenvalue weighted by atomic mass is 10.1. The number of esters is 2. The summed E-state index contributed by atoms with van der Waals surface area (Å²) in [5.41, 5.74) is 6.79. The Bertz CT molecular complexity index is 1130. The molecule has 0 aliphatic heterocycles. The second-order valence-corrected chi connectivity index (χ2v) is 8.56. The van der Waals surface area contributed by atoms with Crippen LogP contribution >= 0.6 is 11.3 Å². The molecule has 0 radical (unpaired) electrons. The highest BCUT2D eigenvalue weighted by molar-refractivity contribution is 7.11. The summed E-state index contributed by atoms with van der Waals surface area (Å²) in [5.74, 6) is -1.34. The number of benzene rings is 1. The van der Waals surface area contributed by atoms with Crippen LogP contribution in [0.25, 0.3) is 10.9 Å². The maximum absolute atomic E-state index is 12.6. The van der Waals surface area contributed by atoms with Crippen molar-refractivity contribution in [3.05, 3.63) is 47.1 Å². The van der Waals surface area contributed by atoms with E-state index in [-0.39, 0.29) is 17.3 Å². The van der Waals surface area contributed by atoms with Crippen molar-refractivity contribution in [2.75, 3.05) is 7.11 Å². The molecule has 3 rings (SSSR count). The number of ether oxygens (including phenoxy) is 3. The van der Waals surface area contributed by atoms with Gasteiger partial charge in [-0.1, -0.05) is 29.5 Å². The topological polar surface area (TPSA) is 123 Å². The molecular formula is C21H23N3O6S. The van der Waals surface area contributed by atoms with E-state index in [1.54, 1.807) is 33.0 Å². The molecule has 3 aromatic rings. The molecule has 2 N–H and O–H groups in total. The van der Waals surface area contributed by atoms with E-state index in [2.05, 4.69) is 9.72 Å². The second-order valence-electron chi connectivity index (χ2n) is 7.74. The molecule has 0 aliphatic rings. The lowest BCUT2D eigenvalue weighted by Crippen LogP contribution is -2.36. The van der Waals surface area contributed by atoms with Gasteiger partial charge in [-0.3, -0.25) is 4.57 Å². The van der Waals surface area contributed by atoms with E-state index in [9.17, 15) is 14.4 Å². The summed E-state index contributed by atoms with van der Waals surface area (Å²) >= 11 is 0.985. The Morgan fingerprint density at radius 3 is 2.61 bits per heavy atom. The van der Waals surface area contributed by atoms with E-state index in [4.69, 9.17) is 15.2 Å². The number of thiazole rings is 1. The molecule has 1 unspecified atom stereocenters. The van der Waals surface area contributed by atoms with Crippen molar-refractivity contribution in [2.45, 2.75) is 38.8 Å². The van der Waals surface area contributed by atoms with E-state index in [0.717, 1.165) is 16.7 Å². The van der Waals surface area contributed by atoms with Crippen LogP contribution in [0.1, 0.15) is 36.8 Å². The lowest BCUT2D eigenvalue weighted by Gasteiger charge is -2.19. The zero-order valence-electron chi connectivity index (χ0n) is 17.6. The van der Waals surface area contributed by atoms with E-state index in [0.29, 0.717) is 11.1 Å². The summed E-state index contributed by atoms with van der Waals surface area (Å²) in [7, 11) is 1.23. The molecule has 0 fully saturated rings. The van der Waals surface area contributed by atoms with Crippen LogP contribution in [0.3, 0.4) is 0 Å². The largest absolute Gasteiger partial charge is 0.464 e. The Hall–Kier alpha value is -3.24. The molecule has 31 heavy (non-hydrogen) atoms. The van der Waals surface area contributed by atoms with Gasteiger partial charge < -0.3 is 19.9 Å². The summed E-state index contributed by atoms with van der Waals surface area (Å²) in [4.78, 5) is 40.4. The molecule has 1 aromatic carbocycles. The van der Waals surface area contributed by atoms with Gasteiger partial charge in [-0.25, -0.2) is 14.4 Å². The third-order valence-electron chi connectivity index (χ3n) is 4.19. The van der Waals surface area contributed by atoms with Crippen molar-refractivity contribution in [3.8, 4) is 5.19 Å². The molecule has 0 saturated carbocycles. The van der Waals surface area contributed by atoms with E-state index in [1.807, 2.05) is 18.2 Å². The highest BCUT2D eigenvalue weighted by Gasteiger charge is 2.24. The number of aromatic nitrogens is 2. The summed E-state index contributed by atoms with van der Waals surface area (Å²) in [6.45, 7) is 5.36. The number of carbonyl (C=O) groups is 3. The van der Waals surface area contributed by atoms with Crippen LogP contribution in [0.15, 0.2) is 35.8 Å². The van der Waals surface area contributed by atoms with Gasteiger partial charge in [0.25, 0.3) is 5.19 Å². The third-order valence-corrected chi connectivity index (χ3v) is 4.91. The smallest absolute Gasteiger partial charge is 0.419 e. The minimum Gasteiger partial charge on any atom is -0.464 e. The quantitative estimate of drug-likeness (QED) is 0.594. The van der Waals surface area contributed by atoms with Crippen LogP contribution in [0.4, 0.5) is 4.79 Å². The number of nitrogens with zero attached hydrogens (tertiary/aromatic N) is 2.